The van der Waals surface area contributed by atoms with Gasteiger partial charge in [-0.2, -0.15) is 0 Å². The lowest BCUT2D eigenvalue weighted by atomic mass is 10.0. The Morgan fingerprint density at radius 1 is 1.00 bits per heavy atom. The number of nitrogens with one attached hydrogen (secondary N) is 1. The molecule has 0 aromatic heterocycles. The van der Waals surface area contributed by atoms with Crippen LogP contribution in [0.4, 0.5) is 0 Å². The Kier molecular flexibility index (Phi) is 2.49. The first-order chi connectivity index (χ1) is 4.45. The molecule has 2 fully saturated rings. The first-order valence-corrected chi connectivity index (χ1v) is 3.66. The lowest BCUT2D eigenvalue weighted by molar-refractivity contribution is 0.399. The number of fused-ring (bicyclic) bond motifs is 2. The van der Waals surface area contributed by atoms with Crippen molar-refractivity contribution in [3.63, 3.8) is 0 Å². The third-order valence-electron chi connectivity index (χ3n) is 2.20. The third kappa shape index (κ3) is 1.43. The molecule has 2 N–H and O–H groups in total. The minimum atomic E-state index is 0.921. The van der Waals surface area contributed by atoms with Gasteiger partial charge in [0.15, 0.2) is 0 Å². The minimum absolute atomic E-state index is 0.921. The zero-order chi connectivity index (χ0) is 6.69. The van der Waals surface area contributed by atoms with Crippen LogP contribution in [0.2, 0.25) is 0 Å². The summed E-state index contributed by atoms with van der Waals surface area (Å²) < 4.78 is 0. The number of aliphatic hydroxyl groups excluding tert-OH is 1. The van der Waals surface area contributed by atoms with E-state index in [1.54, 1.807) is 0 Å². The van der Waals surface area contributed by atoms with Crippen molar-refractivity contribution < 1.29 is 5.11 Å². The van der Waals surface area contributed by atoms with Gasteiger partial charge in [0.25, 0.3) is 0 Å². The number of hydrogen-bond acceptors (Lipinski definition) is 2. The van der Waals surface area contributed by atoms with E-state index in [1.807, 2.05) is 0 Å². The Bertz CT molecular complexity index is 67.0. The van der Waals surface area contributed by atoms with Gasteiger partial charge in [-0.25, -0.2) is 0 Å². The maximum atomic E-state index is 7.00. The van der Waals surface area contributed by atoms with Crippen LogP contribution in [0.1, 0.15) is 25.7 Å². The molecular weight excluding hydrogens is 114 g/mol. The second-order valence-electron chi connectivity index (χ2n) is 2.72. The van der Waals surface area contributed by atoms with Crippen LogP contribution in [0.5, 0.6) is 0 Å². The summed E-state index contributed by atoms with van der Waals surface area (Å²) in [5.41, 5.74) is 0. The van der Waals surface area contributed by atoms with Crippen molar-refractivity contribution >= 4 is 0 Å². The molecule has 0 atom stereocenters. The smallest absolute Gasteiger partial charge is 0.0319 e. The van der Waals surface area contributed by atoms with E-state index in [2.05, 4.69) is 5.32 Å². The molecule has 2 heteroatoms. The van der Waals surface area contributed by atoms with Crippen molar-refractivity contribution in [2.24, 2.45) is 0 Å². The van der Waals surface area contributed by atoms with E-state index >= 15 is 0 Å². The molecule has 0 saturated carbocycles. The lowest BCUT2D eigenvalue weighted by Gasteiger charge is -2.02. The highest BCUT2D eigenvalue weighted by Gasteiger charge is 2.29. The molecule has 0 spiro atoms. The van der Waals surface area contributed by atoms with Crippen molar-refractivity contribution in [3.05, 3.63) is 0 Å². The molecule has 2 rings (SSSR count). The van der Waals surface area contributed by atoms with Gasteiger partial charge in [-0.3, -0.25) is 0 Å². The van der Waals surface area contributed by atoms with Crippen LogP contribution in [0, 0.1) is 0 Å². The molecule has 0 aliphatic carbocycles. The zero-order valence-corrected chi connectivity index (χ0v) is 5.93. The Balaban J connectivity index is 0.000000186. The second-order valence-corrected chi connectivity index (χ2v) is 2.72. The summed E-state index contributed by atoms with van der Waals surface area (Å²) in [7, 11) is 1.00. The van der Waals surface area contributed by atoms with Crippen molar-refractivity contribution in [1.29, 1.82) is 0 Å². The van der Waals surface area contributed by atoms with E-state index in [0.29, 0.717) is 0 Å². The van der Waals surface area contributed by atoms with Gasteiger partial charge in [-0.05, 0) is 25.7 Å². The molecule has 2 heterocycles. The van der Waals surface area contributed by atoms with E-state index < -0.39 is 0 Å². The van der Waals surface area contributed by atoms with Gasteiger partial charge < -0.3 is 10.4 Å². The molecule has 0 amide bonds. The van der Waals surface area contributed by atoms with Gasteiger partial charge in [0.1, 0.15) is 0 Å². The predicted octanol–water partition coefficient (Wildman–Crippen LogP) is 0.509. The largest absolute Gasteiger partial charge is 0.400 e. The first-order valence-electron chi connectivity index (χ1n) is 3.66. The summed E-state index contributed by atoms with van der Waals surface area (Å²) >= 11 is 0. The lowest BCUT2D eigenvalue weighted by Crippen LogP contribution is -2.17. The van der Waals surface area contributed by atoms with Crippen molar-refractivity contribution in [3.8, 4) is 0 Å². The highest BCUT2D eigenvalue weighted by Crippen LogP contribution is 2.26. The van der Waals surface area contributed by atoms with Crippen molar-refractivity contribution in [1.82, 2.24) is 5.32 Å². The molecule has 2 aliphatic heterocycles. The van der Waals surface area contributed by atoms with Crippen LogP contribution in [0.15, 0.2) is 0 Å². The average Bonchev–Trinajstić information content (AvgIpc) is 2.53. The van der Waals surface area contributed by atoms with Gasteiger partial charge in [0.2, 0.25) is 0 Å². The van der Waals surface area contributed by atoms with Crippen LogP contribution in [0.3, 0.4) is 0 Å². The van der Waals surface area contributed by atoms with Crippen LogP contribution >= 0.6 is 0 Å². The molecule has 9 heavy (non-hydrogen) atoms. The van der Waals surface area contributed by atoms with Gasteiger partial charge in [0, 0.05) is 19.2 Å². The summed E-state index contributed by atoms with van der Waals surface area (Å²) in [6, 6.07) is 1.84. The summed E-state index contributed by atoms with van der Waals surface area (Å²) in [4.78, 5) is 0. The zero-order valence-electron chi connectivity index (χ0n) is 5.93. The molecule has 0 aromatic rings. The van der Waals surface area contributed by atoms with Crippen LogP contribution in [-0.4, -0.2) is 24.3 Å². The van der Waals surface area contributed by atoms with Crippen LogP contribution in [-0.2, 0) is 0 Å². The highest BCUT2D eigenvalue weighted by atomic mass is 16.2. The number of aliphatic hydroxyl groups is 1. The Hall–Kier alpha value is -0.0800. The van der Waals surface area contributed by atoms with E-state index in [-0.39, 0.29) is 0 Å². The molecule has 2 bridgehead atoms. The maximum absolute atomic E-state index is 7.00. The van der Waals surface area contributed by atoms with Gasteiger partial charge >= 0.3 is 0 Å². The predicted molar refractivity (Wildman–Crippen MR) is 37.3 cm³/mol. The molecule has 2 nitrogen and oxygen atoms in total. The van der Waals surface area contributed by atoms with Crippen molar-refractivity contribution in [2.45, 2.75) is 37.8 Å². The van der Waals surface area contributed by atoms with E-state index in [0.717, 1.165) is 19.2 Å². The standard InChI is InChI=1S/C6H11N.CH4O/c1-2-6-4-3-5(1)7-6;1-2/h5-7H,1-4H2;2H,1H3. The maximum Gasteiger partial charge on any atom is 0.0319 e. The number of hydrogen-bond donors (Lipinski definition) is 2. The molecule has 0 radical (unpaired) electrons. The van der Waals surface area contributed by atoms with Crippen LogP contribution < -0.4 is 5.32 Å². The molecule has 2 aliphatic rings. The Morgan fingerprint density at radius 3 is 1.44 bits per heavy atom. The third-order valence-corrected chi connectivity index (χ3v) is 2.20. The fourth-order valence-electron chi connectivity index (χ4n) is 1.76. The second kappa shape index (κ2) is 3.18. The Labute approximate surface area is 56.3 Å². The number of rotatable bonds is 0. The summed E-state index contributed by atoms with van der Waals surface area (Å²) in [6.45, 7) is 0. The first kappa shape index (κ1) is 7.03. The fraction of sp³-hybridized carbons (Fsp3) is 1.00. The monoisotopic (exact) mass is 129 g/mol. The molecule has 0 aromatic carbocycles. The van der Waals surface area contributed by atoms with E-state index in [4.69, 9.17) is 5.11 Å². The average molecular weight is 129 g/mol. The normalized spacial score (nSPS) is 38.0. The molecule has 2 saturated heterocycles. The summed E-state index contributed by atoms with van der Waals surface area (Å²) in [6.07, 6.45) is 5.80. The Morgan fingerprint density at radius 2 is 1.33 bits per heavy atom. The van der Waals surface area contributed by atoms with Crippen LogP contribution in [0.25, 0.3) is 0 Å². The highest BCUT2D eigenvalue weighted by molar-refractivity contribution is 4.90. The minimum Gasteiger partial charge on any atom is -0.400 e. The van der Waals surface area contributed by atoms with Gasteiger partial charge in [-0.15, -0.1) is 0 Å². The summed E-state index contributed by atoms with van der Waals surface area (Å²) in [5, 5.41) is 10.5. The fourth-order valence-corrected chi connectivity index (χ4v) is 1.76. The SMILES string of the molecule is C1CC2CCC1N2.CO. The van der Waals surface area contributed by atoms with E-state index in [9.17, 15) is 0 Å². The molecule has 0 unspecified atom stereocenters. The molecule has 54 valence electrons. The quantitative estimate of drug-likeness (QED) is 0.499. The van der Waals surface area contributed by atoms with E-state index in [1.165, 1.54) is 25.7 Å². The van der Waals surface area contributed by atoms with Gasteiger partial charge in [-0.1, -0.05) is 0 Å². The summed E-state index contributed by atoms with van der Waals surface area (Å²) in [5.74, 6) is 0. The molecular formula is C7H15NO. The van der Waals surface area contributed by atoms with Gasteiger partial charge in [0.05, 0.1) is 0 Å². The van der Waals surface area contributed by atoms with Crippen molar-refractivity contribution in [2.75, 3.05) is 7.11 Å². The topological polar surface area (TPSA) is 32.3 Å².